The molecular weight excluding hydrogens is 630 g/mol. The van der Waals surface area contributed by atoms with E-state index in [9.17, 15) is 42.5 Å². The van der Waals surface area contributed by atoms with Crippen molar-refractivity contribution in [3.63, 3.8) is 0 Å². The van der Waals surface area contributed by atoms with Crippen LogP contribution in [0.5, 0.6) is 5.75 Å². The van der Waals surface area contributed by atoms with Crippen LogP contribution >= 0.6 is 0 Å². The number of aliphatic hydroxyl groups is 2. The summed E-state index contributed by atoms with van der Waals surface area (Å²) in [6, 6.07) is 20.6. The Balaban J connectivity index is 1.21. The van der Waals surface area contributed by atoms with Gasteiger partial charge in [-0.05, 0) is 78.1 Å². The molecule has 4 rings (SSSR count). The minimum absolute atomic E-state index is 0.00459. The minimum Gasteiger partial charge on any atom is -0.508 e. The van der Waals surface area contributed by atoms with Gasteiger partial charge in [-0.1, -0.05) is 42.5 Å². The quantitative estimate of drug-likeness (QED) is 0.104. The van der Waals surface area contributed by atoms with E-state index in [-0.39, 0.29) is 54.9 Å². The Morgan fingerprint density at radius 2 is 1.56 bits per heavy atom. The number of aromatic hydroxyl groups is 1. The zero-order valence-electron chi connectivity index (χ0n) is 26.2. The maximum atomic E-state index is 14.0. The monoisotopic (exact) mass is 667 g/mol. The van der Waals surface area contributed by atoms with E-state index in [0.29, 0.717) is 29.7 Å². The molecule has 254 valence electrons. The predicted octanol–water partition coefficient (Wildman–Crippen LogP) is 5.09. The van der Waals surface area contributed by atoms with Gasteiger partial charge in [0.1, 0.15) is 11.6 Å². The fraction of sp³-hybridized carbons (Fsp3) is 0.278. The molecular formula is C36H37F4N3O5. The van der Waals surface area contributed by atoms with Crippen LogP contribution in [0.1, 0.15) is 62.3 Å². The highest BCUT2D eigenvalue weighted by Gasteiger charge is 2.31. The Morgan fingerprint density at radius 3 is 2.27 bits per heavy atom. The van der Waals surface area contributed by atoms with Crippen molar-refractivity contribution < 1.29 is 42.5 Å². The van der Waals surface area contributed by atoms with Crippen LogP contribution in [0.15, 0.2) is 84.9 Å². The zero-order chi connectivity index (χ0) is 34.8. The number of aliphatic hydroxyl groups excluding tert-OH is 2. The highest BCUT2D eigenvalue weighted by atomic mass is 19.4. The van der Waals surface area contributed by atoms with Gasteiger partial charge in [-0.2, -0.15) is 13.2 Å². The summed E-state index contributed by atoms with van der Waals surface area (Å²) < 4.78 is 52.8. The summed E-state index contributed by atoms with van der Waals surface area (Å²) in [5.74, 6) is -1.68. The molecule has 0 fully saturated rings. The number of nitrogens with one attached hydrogen (secondary N) is 3. The second-order valence-corrected chi connectivity index (χ2v) is 11.5. The van der Waals surface area contributed by atoms with Gasteiger partial charge >= 0.3 is 6.18 Å². The van der Waals surface area contributed by atoms with Crippen LogP contribution in [-0.4, -0.2) is 39.7 Å². The van der Waals surface area contributed by atoms with E-state index >= 15 is 0 Å². The number of carbonyl (C=O) groups is 2. The van der Waals surface area contributed by atoms with Crippen LogP contribution in [0.4, 0.5) is 17.6 Å². The third-order valence-electron chi connectivity index (χ3n) is 7.73. The van der Waals surface area contributed by atoms with Crippen molar-refractivity contribution in [1.82, 2.24) is 16.0 Å². The van der Waals surface area contributed by atoms with Gasteiger partial charge in [-0.25, -0.2) is 4.39 Å². The molecule has 8 nitrogen and oxygen atoms in total. The molecule has 0 unspecified atom stereocenters. The van der Waals surface area contributed by atoms with Gasteiger partial charge in [0.2, 0.25) is 5.91 Å². The molecule has 0 aliphatic rings. The summed E-state index contributed by atoms with van der Waals surface area (Å²) in [6.45, 7) is 1.71. The maximum absolute atomic E-state index is 14.0. The number of halogens is 4. The van der Waals surface area contributed by atoms with Crippen molar-refractivity contribution in [2.75, 3.05) is 6.54 Å². The van der Waals surface area contributed by atoms with Gasteiger partial charge in [0.15, 0.2) is 0 Å². The number of alkyl halides is 3. The Hall–Kier alpha value is -4.78. The summed E-state index contributed by atoms with van der Waals surface area (Å²) in [4.78, 5) is 25.1. The van der Waals surface area contributed by atoms with Crippen LogP contribution < -0.4 is 16.0 Å². The first kappa shape index (κ1) is 36.1. The molecule has 2 amide bonds. The highest BCUT2D eigenvalue weighted by Crippen LogP contribution is 2.30. The van der Waals surface area contributed by atoms with E-state index in [1.54, 1.807) is 24.3 Å². The maximum Gasteiger partial charge on any atom is 0.416 e. The summed E-state index contributed by atoms with van der Waals surface area (Å²) in [5.41, 5.74) is 2.41. The molecule has 12 heteroatoms. The number of amides is 2. The Morgan fingerprint density at radius 1 is 0.833 bits per heavy atom. The van der Waals surface area contributed by atoms with Crippen molar-refractivity contribution in [3.8, 4) is 5.75 Å². The molecule has 0 bridgehead atoms. The fourth-order valence-electron chi connectivity index (χ4n) is 5.05. The van der Waals surface area contributed by atoms with Crippen LogP contribution in [0.25, 0.3) is 0 Å². The lowest BCUT2D eigenvalue weighted by Gasteiger charge is -2.18. The molecule has 0 aliphatic heterocycles. The van der Waals surface area contributed by atoms with E-state index in [1.165, 1.54) is 18.2 Å². The molecule has 6 N–H and O–H groups in total. The molecule has 0 aromatic heterocycles. The van der Waals surface area contributed by atoms with Crippen molar-refractivity contribution in [1.29, 1.82) is 0 Å². The van der Waals surface area contributed by atoms with Crippen molar-refractivity contribution >= 4 is 11.8 Å². The number of phenols is 1. The number of carbonyl (C=O) groups excluding carboxylic acids is 2. The van der Waals surface area contributed by atoms with Gasteiger partial charge in [-0.15, -0.1) is 0 Å². The third kappa shape index (κ3) is 10.4. The lowest BCUT2D eigenvalue weighted by molar-refractivity contribution is -0.137. The number of rotatable bonds is 14. The molecule has 4 aromatic rings. The van der Waals surface area contributed by atoms with Crippen LogP contribution in [0, 0.1) is 5.82 Å². The molecule has 0 saturated carbocycles. The third-order valence-corrected chi connectivity index (χ3v) is 7.73. The van der Waals surface area contributed by atoms with Gasteiger partial charge in [0.05, 0.1) is 24.7 Å². The van der Waals surface area contributed by atoms with E-state index in [4.69, 9.17) is 0 Å². The molecule has 0 aliphatic carbocycles. The lowest BCUT2D eigenvalue weighted by atomic mass is 10.0. The summed E-state index contributed by atoms with van der Waals surface area (Å²) in [6.07, 6.45) is -4.66. The second-order valence-electron chi connectivity index (χ2n) is 11.5. The van der Waals surface area contributed by atoms with E-state index in [2.05, 4.69) is 16.0 Å². The Kier molecular flexibility index (Phi) is 12.3. The van der Waals surface area contributed by atoms with Gasteiger partial charge in [-0.3, -0.25) is 9.59 Å². The van der Waals surface area contributed by atoms with Crippen molar-refractivity contribution in [3.05, 3.63) is 135 Å². The summed E-state index contributed by atoms with van der Waals surface area (Å²) >= 11 is 0. The number of benzene rings is 4. The number of hydrogen-bond donors (Lipinski definition) is 6. The first-order chi connectivity index (χ1) is 22.8. The van der Waals surface area contributed by atoms with Crippen molar-refractivity contribution in [2.45, 2.75) is 57.8 Å². The Bertz CT molecular complexity index is 1710. The van der Waals surface area contributed by atoms with Crippen LogP contribution in [0.2, 0.25) is 0 Å². The molecule has 0 radical (unpaired) electrons. The van der Waals surface area contributed by atoms with E-state index < -0.39 is 36.1 Å². The smallest absolute Gasteiger partial charge is 0.416 e. The zero-order valence-corrected chi connectivity index (χ0v) is 26.2. The van der Waals surface area contributed by atoms with Crippen molar-refractivity contribution in [2.24, 2.45) is 0 Å². The molecule has 48 heavy (non-hydrogen) atoms. The lowest BCUT2D eigenvalue weighted by Crippen LogP contribution is -2.32. The largest absolute Gasteiger partial charge is 0.508 e. The topological polar surface area (TPSA) is 131 Å². The van der Waals surface area contributed by atoms with Crippen LogP contribution in [-0.2, 0) is 43.5 Å². The van der Waals surface area contributed by atoms with Gasteiger partial charge in [0.25, 0.3) is 5.91 Å². The first-order valence-electron chi connectivity index (χ1n) is 15.2. The molecule has 2 atom stereocenters. The standard InChI is InChI=1S/C36H37F4N3O5/c1-22(41-20-33(46)27-9-12-32(45)29(16-27)21-44)13-24-3-2-4-25(14-24)15-34(47)42-18-23-5-7-26(8-6-23)35(48)43-19-28-17-30(36(38,39)40)10-11-31(28)37/h2-12,14,16-17,22,33,41,44-46H,13,15,18-21H2,1H3,(H,42,47)(H,43,48)/t22-,33+/m1/s1. The average Bonchev–Trinajstić information content (AvgIpc) is 3.05. The SMILES string of the molecule is C[C@H](Cc1cccc(CC(=O)NCc2ccc(C(=O)NCc3cc(C(F)(F)F)ccc3F)cc2)c1)NC[C@H](O)c1ccc(O)c(CO)c1. The normalized spacial score (nSPS) is 12.7. The first-order valence-corrected chi connectivity index (χ1v) is 15.2. The number of hydrogen-bond acceptors (Lipinski definition) is 6. The molecule has 0 spiro atoms. The van der Waals surface area contributed by atoms with Crippen LogP contribution in [0.3, 0.4) is 0 Å². The van der Waals surface area contributed by atoms with Gasteiger partial charge < -0.3 is 31.3 Å². The highest BCUT2D eigenvalue weighted by molar-refractivity contribution is 5.94. The summed E-state index contributed by atoms with van der Waals surface area (Å²) in [5, 5.41) is 38.1. The van der Waals surface area contributed by atoms with Gasteiger partial charge in [0, 0.05) is 42.4 Å². The van der Waals surface area contributed by atoms with E-state index in [1.807, 2.05) is 31.2 Å². The molecule has 0 saturated heterocycles. The van der Waals surface area contributed by atoms with E-state index in [0.717, 1.165) is 22.8 Å². The second kappa shape index (κ2) is 16.4. The average molecular weight is 668 g/mol. The fourth-order valence-corrected chi connectivity index (χ4v) is 5.05. The molecule has 0 heterocycles. The molecule has 4 aromatic carbocycles. The Labute approximate surface area is 275 Å². The predicted molar refractivity (Wildman–Crippen MR) is 171 cm³/mol. The minimum atomic E-state index is -4.63. The summed E-state index contributed by atoms with van der Waals surface area (Å²) in [7, 11) is 0.